The van der Waals surface area contributed by atoms with E-state index in [9.17, 15) is 4.79 Å². The van der Waals surface area contributed by atoms with Crippen LogP contribution >= 0.6 is 0 Å². The Balaban J connectivity index is 1.35. The zero-order valence-electron chi connectivity index (χ0n) is 14.4. The SMILES string of the molecule is O=C(NCc1cccc2ccccc12)N1CCC2(CC1)OCCCO2. The van der Waals surface area contributed by atoms with Crippen LogP contribution in [0.15, 0.2) is 42.5 Å². The third kappa shape index (κ3) is 3.48. The predicted molar refractivity (Wildman–Crippen MR) is 96.2 cm³/mol. The maximum Gasteiger partial charge on any atom is 0.317 e. The second kappa shape index (κ2) is 7.02. The predicted octanol–water partition coefficient (Wildman–Crippen LogP) is 3.28. The molecule has 0 bridgehead atoms. The maximum atomic E-state index is 12.5. The topological polar surface area (TPSA) is 50.8 Å². The number of urea groups is 1. The molecular formula is C20H24N2O3. The summed E-state index contributed by atoms with van der Waals surface area (Å²) < 4.78 is 11.7. The summed E-state index contributed by atoms with van der Waals surface area (Å²) in [6.07, 6.45) is 2.44. The van der Waals surface area contributed by atoms with Crippen LogP contribution in [-0.2, 0) is 16.0 Å². The minimum absolute atomic E-state index is 0.0152. The second-order valence-electron chi connectivity index (χ2n) is 6.75. The first-order valence-corrected chi connectivity index (χ1v) is 9.03. The van der Waals surface area contributed by atoms with Crippen molar-refractivity contribution in [3.05, 3.63) is 48.0 Å². The van der Waals surface area contributed by atoms with Gasteiger partial charge in [-0.15, -0.1) is 0 Å². The van der Waals surface area contributed by atoms with E-state index >= 15 is 0 Å². The Morgan fingerprint density at radius 3 is 2.56 bits per heavy atom. The lowest BCUT2D eigenvalue weighted by molar-refractivity contribution is -0.281. The lowest BCUT2D eigenvalue weighted by Gasteiger charge is -2.43. The molecule has 0 radical (unpaired) electrons. The van der Waals surface area contributed by atoms with Gasteiger partial charge < -0.3 is 19.7 Å². The van der Waals surface area contributed by atoms with Crippen LogP contribution in [0.5, 0.6) is 0 Å². The van der Waals surface area contributed by atoms with Gasteiger partial charge in [0.1, 0.15) is 0 Å². The standard InChI is InChI=1S/C20H24N2O3/c23-19(22-11-9-20(10-12-22)24-13-4-14-25-20)21-15-17-7-3-6-16-5-1-2-8-18(16)17/h1-3,5-8H,4,9-15H2,(H,21,23). The molecule has 132 valence electrons. The molecule has 2 aliphatic rings. The molecule has 2 aromatic rings. The minimum Gasteiger partial charge on any atom is -0.350 e. The summed E-state index contributed by atoms with van der Waals surface area (Å²) in [7, 11) is 0. The van der Waals surface area contributed by atoms with Crippen LogP contribution in [0.1, 0.15) is 24.8 Å². The lowest BCUT2D eigenvalue weighted by atomic mass is 10.0. The molecule has 0 saturated carbocycles. The van der Waals surface area contributed by atoms with Crippen molar-refractivity contribution in [3.8, 4) is 0 Å². The molecule has 0 atom stereocenters. The van der Waals surface area contributed by atoms with E-state index in [-0.39, 0.29) is 6.03 Å². The van der Waals surface area contributed by atoms with E-state index < -0.39 is 5.79 Å². The quantitative estimate of drug-likeness (QED) is 0.913. The number of hydrogen-bond acceptors (Lipinski definition) is 3. The van der Waals surface area contributed by atoms with Gasteiger partial charge in [0.2, 0.25) is 0 Å². The number of fused-ring (bicyclic) bond motifs is 1. The molecule has 2 aliphatic heterocycles. The normalized spacial score (nSPS) is 19.9. The number of piperidine rings is 1. The number of nitrogens with zero attached hydrogens (tertiary/aromatic N) is 1. The molecule has 1 N–H and O–H groups in total. The van der Waals surface area contributed by atoms with Crippen molar-refractivity contribution in [1.82, 2.24) is 10.2 Å². The van der Waals surface area contributed by atoms with Gasteiger partial charge in [-0.25, -0.2) is 4.79 Å². The van der Waals surface area contributed by atoms with Gasteiger partial charge in [0, 0.05) is 32.5 Å². The molecule has 2 fully saturated rings. The molecule has 2 heterocycles. The van der Waals surface area contributed by atoms with Crippen molar-refractivity contribution < 1.29 is 14.3 Å². The van der Waals surface area contributed by atoms with Crippen molar-refractivity contribution in [2.45, 2.75) is 31.6 Å². The molecule has 0 aromatic heterocycles. The number of nitrogens with one attached hydrogen (secondary N) is 1. The van der Waals surface area contributed by atoms with Crippen molar-refractivity contribution in [1.29, 1.82) is 0 Å². The third-order valence-corrected chi connectivity index (χ3v) is 5.14. The summed E-state index contributed by atoms with van der Waals surface area (Å²) in [6, 6.07) is 14.4. The average molecular weight is 340 g/mol. The highest BCUT2D eigenvalue weighted by Crippen LogP contribution is 2.30. The van der Waals surface area contributed by atoms with E-state index in [4.69, 9.17) is 9.47 Å². The number of carbonyl (C=O) groups is 1. The van der Waals surface area contributed by atoms with Gasteiger partial charge >= 0.3 is 6.03 Å². The van der Waals surface area contributed by atoms with Crippen LogP contribution in [0.4, 0.5) is 4.79 Å². The van der Waals surface area contributed by atoms with Crippen LogP contribution in [0.25, 0.3) is 10.8 Å². The Morgan fingerprint density at radius 1 is 1.04 bits per heavy atom. The van der Waals surface area contributed by atoms with E-state index in [1.165, 1.54) is 10.8 Å². The number of benzene rings is 2. The van der Waals surface area contributed by atoms with Crippen LogP contribution in [0.2, 0.25) is 0 Å². The Morgan fingerprint density at radius 2 is 1.76 bits per heavy atom. The summed E-state index contributed by atoms with van der Waals surface area (Å²) >= 11 is 0. The number of carbonyl (C=O) groups excluding carboxylic acids is 1. The zero-order chi connectivity index (χ0) is 17.1. The monoisotopic (exact) mass is 340 g/mol. The molecule has 5 heteroatoms. The second-order valence-corrected chi connectivity index (χ2v) is 6.75. The maximum absolute atomic E-state index is 12.5. The van der Waals surface area contributed by atoms with Crippen LogP contribution in [0.3, 0.4) is 0 Å². The fourth-order valence-electron chi connectivity index (χ4n) is 3.69. The first-order chi connectivity index (χ1) is 12.3. The minimum atomic E-state index is -0.454. The highest BCUT2D eigenvalue weighted by molar-refractivity contribution is 5.86. The molecule has 1 spiro atoms. The number of amides is 2. The largest absolute Gasteiger partial charge is 0.350 e. The van der Waals surface area contributed by atoms with E-state index in [1.807, 2.05) is 23.1 Å². The summed E-state index contributed by atoms with van der Waals surface area (Å²) in [5, 5.41) is 5.44. The zero-order valence-corrected chi connectivity index (χ0v) is 14.4. The number of rotatable bonds is 2. The fraction of sp³-hybridized carbons (Fsp3) is 0.450. The first-order valence-electron chi connectivity index (χ1n) is 9.03. The molecule has 2 amide bonds. The summed E-state index contributed by atoms with van der Waals surface area (Å²) in [4.78, 5) is 14.4. The van der Waals surface area contributed by atoms with Crippen molar-refractivity contribution in [2.24, 2.45) is 0 Å². The van der Waals surface area contributed by atoms with Crippen molar-refractivity contribution in [3.63, 3.8) is 0 Å². The third-order valence-electron chi connectivity index (χ3n) is 5.14. The highest BCUT2D eigenvalue weighted by atomic mass is 16.7. The van der Waals surface area contributed by atoms with Gasteiger partial charge in [-0.1, -0.05) is 42.5 Å². The molecular weight excluding hydrogens is 316 g/mol. The van der Waals surface area contributed by atoms with E-state index in [0.29, 0.717) is 19.6 Å². The molecule has 4 rings (SSSR count). The van der Waals surface area contributed by atoms with Crippen LogP contribution in [-0.4, -0.2) is 43.0 Å². The average Bonchev–Trinajstić information content (AvgIpc) is 2.67. The molecule has 25 heavy (non-hydrogen) atoms. The van der Waals surface area contributed by atoms with Gasteiger partial charge in [-0.05, 0) is 22.8 Å². The van der Waals surface area contributed by atoms with Gasteiger partial charge in [0.25, 0.3) is 0 Å². The highest BCUT2D eigenvalue weighted by Gasteiger charge is 2.39. The molecule has 0 aliphatic carbocycles. The number of likely N-dealkylation sites (tertiary alicyclic amines) is 1. The smallest absolute Gasteiger partial charge is 0.317 e. The van der Waals surface area contributed by atoms with Crippen molar-refractivity contribution >= 4 is 16.8 Å². The molecule has 2 aromatic carbocycles. The Labute approximate surface area is 147 Å². The Bertz CT molecular complexity index is 740. The fourth-order valence-corrected chi connectivity index (χ4v) is 3.69. The molecule has 2 saturated heterocycles. The Kier molecular flexibility index (Phi) is 4.59. The first kappa shape index (κ1) is 16.4. The van der Waals surface area contributed by atoms with E-state index in [0.717, 1.165) is 38.0 Å². The number of ether oxygens (including phenoxy) is 2. The van der Waals surface area contributed by atoms with Crippen LogP contribution in [0, 0.1) is 0 Å². The van der Waals surface area contributed by atoms with E-state index in [1.54, 1.807) is 0 Å². The Hall–Kier alpha value is -2.11. The summed E-state index contributed by atoms with van der Waals surface area (Å²) in [5.74, 6) is -0.454. The number of hydrogen-bond donors (Lipinski definition) is 1. The summed E-state index contributed by atoms with van der Waals surface area (Å²) in [6.45, 7) is 3.39. The van der Waals surface area contributed by atoms with Crippen LogP contribution < -0.4 is 5.32 Å². The molecule has 5 nitrogen and oxygen atoms in total. The van der Waals surface area contributed by atoms with Crippen molar-refractivity contribution in [2.75, 3.05) is 26.3 Å². The molecule has 0 unspecified atom stereocenters. The van der Waals surface area contributed by atoms with Gasteiger partial charge in [-0.3, -0.25) is 0 Å². The van der Waals surface area contributed by atoms with Gasteiger partial charge in [0.05, 0.1) is 13.2 Å². The summed E-state index contributed by atoms with van der Waals surface area (Å²) in [5.41, 5.74) is 1.14. The van der Waals surface area contributed by atoms with E-state index in [2.05, 4.69) is 29.6 Å². The lowest BCUT2D eigenvalue weighted by Crippen LogP contribution is -2.53. The van der Waals surface area contributed by atoms with Gasteiger partial charge in [-0.2, -0.15) is 0 Å². The van der Waals surface area contributed by atoms with Gasteiger partial charge in [0.15, 0.2) is 5.79 Å².